The van der Waals surface area contributed by atoms with Crippen LogP contribution in [-0.4, -0.2) is 45.4 Å². The first-order valence-electron chi connectivity index (χ1n) is 8.00. The van der Waals surface area contributed by atoms with Gasteiger partial charge >= 0.3 is 11.9 Å². The van der Waals surface area contributed by atoms with E-state index < -0.39 is 33.5 Å². The molecule has 0 aliphatic carbocycles. The first-order chi connectivity index (χ1) is 13.6. The minimum atomic E-state index is -4.13. The van der Waals surface area contributed by atoms with Gasteiger partial charge in [-0.1, -0.05) is 18.2 Å². The van der Waals surface area contributed by atoms with Crippen LogP contribution in [0.3, 0.4) is 0 Å². The summed E-state index contributed by atoms with van der Waals surface area (Å²) in [6.07, 6.45) is 1.42. The van der Waals surface area contributed by atoms with Gasteiger partial charge in [0.05, 0.1) is 16.0 Å². The summed E-state index contributed by atoms with van der Waals surface area (Å²) in [5.74, 6) is -5.35. The van der Waals surface area contributed by atoms with Crippen LogP contribution in [0.25, 0.3) is 16.7 Å². The number of nitrogens with zero attached hydrogens (tertiary/aromatic N) is 1. The second kappa shape index (κ2) is 7.24. The van der Waals surface area contributed by atoms with E-state index in [1.165, 1.54) is 36.4 Å². The SMILES string of the molecule is O=C(O)C(=O)/C=C(\O)c1cn(S(=O)(=O)c2ccccc2)c2ccc(C(=O)O)cc12. The van der Waals surface area contributed by atoms with E-state index in [9.17, 15) is 33.0 Å². The van der Waals surface area contributed by atoms with E-state index >= 15 is 0 Å². The number of ketones is 1. The van der Waals surface area contributed by atoms with Gasteiger partial charge in [-0.2, -0.15) is 0 Å². The molecule has 0 aliphatic rings. The molecule has 0 spiro atoms. The predicted molar refractivity (Wildman–Crippen MR) is 101 cm³/mol. The lowest BCUT2D eigenvalue weighted by Gasteiger charge is -2.07. The van der Waals surface area contributed by atoms with E-state index in [0.717, 1.165) is 16.2 Å². The molecule has 0 aliphatic heterocycles. The molecule has 2 aromatic carbocycles. The Hall–Kier alpha value is -3.92. The van der Waals surface area contributed by atoms with Gasteiger partial charge in [-0.15, -0.1) is 0 Å². The van der Waals surface area contributed by atoms with Crippen molar-refractivity contribution in [1.82, 2.24) is 3.97 Å². The summed E-state index contributed by atoms with van der Waals surface area (Å²) in [7, 11) is -4.13. The summed E-state index contributed by atoms with van der Waals surface area (Å²) >= 11 is 0. The van der Waals surface area contributed by atoms with E-state index in [-0.39, 0.29) is 26.9 Å². The largest absolute Gasteiger partial charge is 0.507 e. The molecule has 1 aromatic heterocycles. The zero-order chi connectivity index (χ0) is 21.3. The second-order valence-electron chi connectivity index (χ2n) is 5.89. The average molecular weight is 415 g/mol. The van der Waals surface area contributed by atoms with Crippen LogP contribution >= 0.6 is 0 Å². The van der Waals surface area contributed by atoms with E-state index in [1.54, 1.807) is 6.07 Å². The molecule has 10 heteroatoms. The molecule has 9 nitrogen and oxygen atoms in total. The van der Waals surface area contributed by atoms with E-state index in [1.807, 2.05) is 0 Å². The Bertz CT molecular complexity index is 1290. The molecule has 3 rings (SSSR count). The fraction of sp³-hybridized carbons (Fsp3) is 0. The van der Waals surface area contributed by atoms with Crippen LogP contribution in [0.2, 0.25) is 0 Å². The highest BCUT2D eigenvalue weighted by Gasteiger charge is 2.24. The van der Waals surface area contributed by atoms with E-state index in [2.05, 4.69) is 0 Å². The maximum Gasteiger partial charge on any atom is 0.376 e. The van der Waals surface area contributed by atoms with Crippen molar-refractivity contribution in [2.24, 2.45) is 0 Å². The Labute approximate surface area is 163 Å². The highest BCUT2D eigenvalue weighted by molar-refractivity contribution is 7.90. The van der Waals surface area contributed by atoms with Crippen molar-refractivity contribution in [1.29, 1.82) is 0 Å². The first kappa shape index (κ1) is 19.8. The van der Waals surface area contributed by atoms with Crippen molar-refractivity contribution in [3.05, 3.63) is 71.9 Å². The van der Waals surface area contributed by atoms with Crippen molar-refractivity contribution in [3.63, 3.8) is 0 Å². The zero-order valence-corrected chi connectivity index (χ0v) is 15.3. The molecule has 3 N–H and O–H groups in total. The number of carbonyl (C=O) groups excluding carboxylic acids is 1. The number of hydrogen-bond donors (Lipinski definition) is 3. The molecular formula is C19H13NO8S. The van der Waals surface area contributed by atoms with Gasteiger partial charge in [0.2, 0.25) is 0 Å². The van der Waals surface area contributed by atoms with Crippen LogP contribution in [-0.2, 0) is 19.6 Å². The lowest BCUT2D eigenvalue weighted by atomic mass is 10.1. The van der Waals surface area contributed by atoms with Gasteiger partial charge < -0.3 is 15.3 Å². The number of fused-ring (bicyclic) bond motifs is 1. The fourth-order valence-electron chi connectivity index (χ4n) is 2.71. The molecule has 3 aromatic rings. The third-order valence-corrected chi connectivity index (χ3v) is 5.76. The summed E-state index contributed by atoms with van der Waals surface area (Å²) in [6.45, 7) is 0. The Kier molecular flexibility index (Phi) is 4.95. The number of carboxylic acids is 2. The monoisotopic (exact) mass is 415 g/mol. The molecule has 1 heterocycles. The summed E-state index contributed by atoms with van der Waals surface area (Å²) < 4.78 is 26.9. The third kappa shape index (κ3) is 3.60. The smallest absolute Gasteiger partial charge is 0.376 e. The van der Waals surface area contributed by atoms with Crippen LogP contribution in [0.1, 0.15) is 15.9 Å². The number of rotatable bonds is 6. The van der Waals surface area contributed by atoms with Crippen molar-refractivity contribution in [2.75, 3.05) is 0 Å². The zero-order valence-electron chi connectivity index (χ0n) is 14.5. The number of aromatic nitrogens is 1. The molecular weight excluding hydrogens is 402 g/mol. The Balaban J connectivity index is 2.32. The molecule has 0 radical (unpaired) electrons. The summed E-state index contributed by atoms with van der Waals surface area (Å²) in [5, 5.41) is 28.2. The maximum atomic E-state index is 13.0. The van der Waals surface area contributed by atoms with Crippen LogP contribution in [0, 0.1) is 0 Å². The molecule has 0 saturated heterocycles. The highest BCUT2D eigenvalue weighted by Crippen LogP contribution is 2.30. The lowest BCUT2D eigenvalue weighted by Crippen LogP contribution is -2.12. The van der Waals surface area contributed by atoms with Gasteiger partial charge in [0.1, 0.15) is 5.76 Å². The normalized spacial score (nSPS) is 12.1. The number of aliphatic carboxylic acids is 1. The summed E-state index contributed by atoms with van der Waals surface area (Å²) in [5.41, 5.74) is -0.361. The maximum absolute atomic E-state index is 13.0. The van der Waals surface area contributed by atoms with Gasteiger partial charge in [-0.25, -0.2) is 22.0 Å². The number of carbonyl (C=O) groups is 3. The van der Waals surface area contributed by atoms with E-state index in [4.69, 9.17) is 5.11 Å². The van der Waals surface area contributed by atoms with E-state index in [0.29, 0.717) is 6.08 Å². The molecule has 0 atom stereocenters. The molecule has 0 amide bonds. The number of aliphatic hydroxyl groups is 1. The van der Waals surface area contributed by atoms with Gasteiger partial charge in [0, 0.05) is 23.2 Å². The van der Waals surface area contributed by atoms with Gasteiger partial charge in [0.25, 0.3) is 15.8 Å². The lowest BCUT2D eigenvalue weighted by molar-refractivity contribution is -0.146. The number of aliphatic hydroxyl groups excluding tert-OH is 1. The summed E-state index contributed by atoms with van der Waals surface area (Å²) in [4.78, 5) is 33.4. The summed E-state index contributed by atoms with van der Waals surface area (Å²) in [6, 6.07) is 10.9. The number of benzene rings is 2. The fourth-order valence-corrected chi connectivity index (χ4v) is 4.10. The van der Waals surface area contributed by atoms with Crippen LogP contribution in [0.15, 0.2) is 65.7 Å². The highest BCUT2D eigenvalue weighted by atomic mass is 32.2. The number of aromatic carboxylic acids is 1. The molecule has 0 unspecified atom stereocenters. The molecule has 29 heavy (non-hydrogen) atoms. The molecule has 148 valence electrons. The Morgan fingerprint density at radius 1 is 0.931 bits per heavy atom. The van der Waals surface area contributed by atoms with Crippen LogP contribution in [0.5, 0.6) is 0 Å². The van der Waals surface area contributed by atoms with Crippen molar-refractivity contribution in [3.8, 4) is 0 Å². The van der Waals surface area contributed by atoms with Crippen LogP contribution < -0.4 is 0 Å². The first-order valence-corrected chi connectivity index (χ1v) is 9.44. The second-order valence-corrected chi connectivity index (χ2v) is 7.71. The molecule has 0 saturated carbocycles. The van der Waals surface area contributed by atoms with Gasteiger partial charge in [-0.3, -0.25) is 4.79 Å². The molecule has 0 bridgehead atoms. The Morgan fingerprint density at radius 2 is 1.59 bits per heavy atom. The standard InChI is InChI=1S/C19H13NO8S/c21-16(9-17(22)19(25)26)14-10-20(29(27,28)12-4-2-1-3-5-12)15-7-6-11(18(23)24)8-13(14)15/h1-10,21H,(H,23,24)(H,25,26)/b16-9-. The minimum absolute atomic E-state index is 0.0105. The third-order valence-electron chi connectivity index (χ3n) is 4.07. The Morgan fingerprint density at radius 3 is 2.17 bits per heavy atom. The van der Waals surface area contributed by atoms with Crippen molar-refractivity contribution >= 4 is 44.4 Å². The van der Waals surface area contributed by atoms with Crippen molar-refractivity contribution in [2.45, 2.75) is 4.90 Å². The molecule has 0 fully saturated rings. The van der Waals surface area contributed by atoms with Gasteiger partial charge in [0.15, 0.2) is 0 Å². The number of carboxylic acid groups (broad SMARTS) is 2. The quantitative estimate of drug-likeness (QED) is 0.315. The van der Waals surface area contributed by atoms with Crippen molar-refractivity contribution < 1.29 is 38.1 Å². The number of hydrogen-bond acceptors (Lipinski definition) is 6. The topological polar surface area (TPSA) is 151 Å². The average Bonchev–Trinajstić information content (AvgIpc) is 3.08. The minimum Gasteiger partial charge on any atom is -0.507 e. The van der Waals surface area contributed by atoms with Gasteiger partial charge in [-0.05, 0) is 30.3 Å². The predicted octanol–water partition coefficient (Wildman–Crippen LogP) is 2.13. The van der Waals surface area contributed by atoms with Crippen LogP contribution in [0.4, 0.5) is 0 Å².